The van der Waals surface area contributed by atoms with E-state index in [4.69, 9.17) is 10.5 Å². The van der Waals surface area contributed by atoms with Crippen LogP contribution >= 0.6 is 31.9 Å². The molecule has 2 rings (SSSR count). The number of hydrogen-bond acceptors (Lipinski definition) is 2. The summed E-state index contributed by atoms with van der Waals surface area (Å²) in [6.45, 7) is 0.707. The lowest BCUT2D eigenvalue weighted by molar-refractivity contribution is 0.301. The molecule has 2 nitrogen and oxygen atoms in total. The third-order valence-electron chi connectivity index (χ3n) is 2.86. The summed E-state index contributed by atoms with van der Waals surface area (Å²) in [5.74, 6) is -1.14. The number of ether oxygens (including phenoxy) is 1. The largest absolute Gasteiger partial charge is 0.487 e. The quantitative estimate of drug-likeness (QED) is 0.768. The molecule has 0 radical (unpaired) electrons. The van der Waals surface area contributed by atoms with Crippen LogP contribution in [0.5, 0.6) is 5.75 Å². The summed E-state index contributed by atoms with van der Waals surface area (Å²) in [5.41, 5.74) is 7.17. The van der Waals surface area contributed by atoms with Crippen molar-refractivity contribution in [2.24, 2.45) is 5.73 Å². The fourth-order valence-electron chi connectivity index (χ4n) is 1.85. The molecule has 6 heteroatoms. The molecule has 0 saturated carbocycles. The maximum absolute atomic E-state index is 13.1. The lowest BCUT2D eigenvalue weighted by Gasteiger charge is -2.12. The number of halogens is 4. The summed E-state index contributed by atoms with van der Waals surface area (Å²) >= 11 is 6.88. The van der Waals surface area contributed by atoms with Crippen LogP contribution in [0.3, 0.4) is 0 Å². The standard InChI is InChI=1S/C15H13Br2F2NO/c16-11-5-9(3-4-20)6-12(17)15(11)21-8-10-1-2-13(18)14(19)7-10/h1-2,5-7H,3-4,8,20H2. The Hall–Kier alpha value is -0.980. The van der Waals surface area contributed by atoms with E-state index in [0.717, 1.165) is 33.1 Å². The highest BCUT2D eigenvalue weighted by atomic mass is 79.9. The van der Waals surface area contributed by atoms with Crippen LogP contribution in [0, 0.1) is 11.6 Å². The van der Waals surface area contributed by atoms with Gasteiger partial charge in [0.15, 0.2) is 11.6 Å². The van der Waals surface area contributed by atoms with E-state index in [1.54, 1.807) is 0 Å². The van der Waals surface area contributed by atoms with Gasteiger partial charge in [-0.1, -0.05) is 6.07 Å². The van der Waals surface area contributed by atoms with Gasteiger partial charge in [0, 0.05) is 0 Å². The Kier molecular flexibility index (Phi) is 5.72. The van der Waals surface area contributed by atoms with Crippen molar-refractivity contribution < 1.29 is 13.5 Å². The first-order valence-corrected chi connectivity index (χ1v) is 7.84. The van der Waals surface area contributed by atoms with Crippen molar-refractivity contribution >= 4 is 31.9 Å². The van der Waals surface area contributed by atoms with Gasteiger partial charge < -0.3 is 10.5 Å². The Morgan fingerprint density at radius 3 is 2.19 bits per heavy atom. The van der Waals surface area contributed by atoms with Crippen LogP contribution in [-0.2, 0) is 13.0 Å². The van der Waals surface area contributed by atoms with Gasteiger partial charge in [0.1, 0.15) is 12.4 Å². The maximum atomic E-state index is 13.1. The minimum absolute atomic E-state index is 0.143. The van der Waals surface area contributed by atoms with E-state index in [-0.39, 0.29) is 6.61 Å². The fourth-order valence-corrected chi connectivity index (χ4v) is 3.36. The van der Waals surface area contributed by atoms with Gasteiger partial charge in [0.2, 0.25) is 0 Å². The highest BCUT2D eigenvalue weighted by molar-refractivity contribution is 9.11. The zero-order chi connectivity index (χ0) is 15.4. The lowest BCUT2D eigenvalue weighted by Crippen LogP contribution is -2.03. The zero-order valence-corrected chi connectivity index (χ0v) is 14.2. The average molecular weight is 421 g/mol. The Balaban J connectivity index is 2.14. The van der Waals surface area contributed by atoms with Crippen LogP contribution < -0.4 is 10.5 Å². The van der Waals surface area contributed by atoms with E-state index in [9.17, 15) is 8.78 Å². The highest BCUT2D eigenvalue weighted by Gasteiger charge is 2.10. The van der Waals surface area contributed by atoms with E-state index in [2.05, 4.69) is 31.9 Å². The normalized spacial score (nSPS) is 10.7. The predicted octanol–water partition coefficient (Wildman–Crippen LogP) is 4.57. The molecule has 0 heterocycles. The molecule has 0 fully saturated rings. The molecule has 0 aliphatic rings. The van der Waals surface area contributed by atoms with Crippen molar-refractivity contribution in [2.45, 2.75) is 13.0 Å². The third-order valence-corrected chi connectivity index (χ3v) is 4.04. The van der Waals surface area contributed by atoms with Crippen LogP contribution in [0.1, 0.15) is 11.1 Å². The molecule has 0 atom stereocenters. The zero-order valence-electron chi connectivity index (χ0n) is 11.0. The molecular weight excluding hydrogens is 408 g/mol. The van der Waals surface area contributed by atoms with Gasteiger partial charge in [-0.2, -0.15) is 0 Å². The molecule has 2 aromatic rings. The first-order valence-electron chi connectivity index (χ1n) is 6.26. The van der Waals surface area contributed by atoms with Crippen molar-refractivity contribution in [1.82, 2.24) is 0 Å². The fraction of sp³-hybridized carbons (Fsp3) is 0.200. The number of nitrogens with two attached hydrogens (primary N) is 1. The Morgan fingerprint density at radius 2 is 1.62 bits per heavy atom. The summed E-state index contributed by atoms with van der Waals surface area (Å²) in [5, 5.41) is 0. The van der Waals surface area contributed by atoms with E-state index in [0.29, 0.717) is 17.9 Å². The molecule has 2 aromatic carbocycles. The van der Waals surface area contributed by atoms with Crippen molar-refractivity contribution in [3.63, 3.8) is 0 Å². The number of benzene rings is 2. The molecule has 0 unspecified atom stereocenters. The summed E-state index contributed by atoms with van der Waals surface area (Å²) in [7, 11) is 0. The van der Waals surface area contributed by atoms with Crippen LogP contribution in [0.25, 0.3) is 0 Å². The van der Waals surface area contributed by atoms with E-state index < -0.39 is 11.6 Å². The first kappa shape index (κ1) is 16.4. The highest BCUT2D eigenvalue weighted by Crippen LogP contribution is 2.35. The number of hydrogen-bond donors (Lipinski definition) is 1. The minimum Gasteiger partial charge on any atom is -0.487 e. The lowest BCUT2D eigenvalue weighted by atomic mass is 10.1. The summed E-state index contributed by atoms with van der Waals surface area (Å²) in [6, 6.07) is 7.56. The van der Waals surface area contributed by atoms with E-state index in [1.807, 2.05) is 12.1 Å². The van der Waals surface area contributed by atoms with Crippen LogP contribution in [0.2, 0.25) is 0 Å². The van der Waals surface area contributed by atoms with Gasteiger partial charge in [-0.25, -0.2) is 8.78 Å². The molecule has 2 N–H and O–H groups in total. The molecule has 0 aliphatic heterocycles. The molecular formula is C15H13Br2F2NO. The van der Waals surface area contributed by atoms with Crippen LogP contribution in [0.15, 0.2) is 39.3 Å². The second kappa shape index (κ2) is 7.33. The van der Waals surface area contributed by atoms with Crippen molar-refractivity contribution in [3.8, 4) is 5.75 Å². The van der Waals surface area contributed by atoms with Gasteiger partial charge in [0.25, 0.3) is 0 Å². The van der Waals surface area contributed by atoms with Crippen LogP contribution in [0.4, 0.5) is 8.78 Å². The molecule has 0 bridgehead atoms. The smallest absolute Gasteiger partial charge is 0.159 e. The van der Waals surface area contributed by atoms with Crippen molar-refractivity contribution in [2.75, 3.05) is 6.54 Å². The topological polar surface area (TPSA) is 35.2 Å². The van der Waals surface area contributed by atoms with Gasteiger partial charge in [-0.3, -0.25) is 0 Å². The molecule has 0 saturated heterocycles. The van der Waals surface area contributed by atoms with Gasteiger partial charge in [-0.05, 0) is 80.2 Å². The first-order chi connectivity index (χ1) is 10.0. The van der Waals surface area contributed by atoms with Gasteiger partial charge in [-0.15, -0.1) is 0 Å². The average Bonchev–Trinajstić information content (AvgIpc) is 2.42. The third kappa shape index (κ3) is 4.25. The van der Waals surface area contributed by atoms with Gasteiger partial charge >= 0.3 is 0 Å². The molecule has 0 aliphatic carbocycles. The van der Waals surface area contributed by atoms with E-state index in [1.165, 1.54) is 6.07 Å². The van der Waals surface area contributed by atoms with Crippen LogP contribution in [-0.4, -0.2) is 6.54 Å². The van der Waals surface area contributed by atoms with Crippen molar-refractivity contribution in [1.29, 1.82) is 0 Å². The summed E-state index contributed by atoms with van der Waals surface area (Å²) < 4.78 is 33.2. The van der Waals surface area contributed by atoms with Gasteiger partial charge in [0.05, 0.1) is 8.95 Å². The second-order valence-electron chi connectivity index (χ2n) is 4.46. The predicted molar refractivity (Wildman–Crippen MR) is 85.3 cm³/mol. The summed E-state index contributed by atoms with van der Waals surface area (Å²) in [4.78, 5) is 0. The SMILES string of the molecule is NCCc1cc(Br)c(OCc2ccc(F)c(F)c2)c(Br)c1. The van der Waals surface area contributed by atoms with Crippen molar-refractivity contribution in [3.05, 3.63) is 62.0 Å². The molecule has 0 amide bonds. The molecule has 0 aromatic heterocycles. The number of rotatable bonds is 5. The molecule has 21 heavy (non-hydrogen) atoms. The minimum atomic E-state index is -0.882. The molecule has 112 valence electrons. The van der Waals surface area contributed by atoms with E-state index >= 15 is 0 Å². The summed E-state index contributed by atoms with van der Waals surface area (Å²) in [6.07, 6.45) is 0.765. The maximum Gasteiger partial charge on any atom is 0.159 e. The second-order valence-corrected chi connectivity index (χ2v) is 6.17. The Morgan fingerprint density at radius 1 is 0.952 bits per heavy atom. The Bertz CT molecular complexity index is 627. The monoisotopic (exact) mass is 419 g/mol. The molecule has 0 spiro atoms. The Labute approximate surface area is 138 Å².